The first-order valence-corrected chi connectivity index (χ1v) is 12.6. The molecule has 160 valence electrons. The Hall–Kier alpha value is -2.34. The molecule has 5 nitrogen and oxygen atoms in total. The van der Waals surface area contributed by atoms with Crippen molar-refractivity contribution in [2.45, 2.75) is 50.6 Å². The molecule has 1 atom stereocenters. The molecule has 6 heteroatoms. The van der Waals surface area contributed by atoms with E-state index in [1.165, 1.54) is 5.56 Å². The number of amides is 1. The summed E-state index contributed by atoms with van der Waals surface area (Å²) in [6.45, 7) is -0.0567. The number of hydrogen-bond acceptors (Lipinski definition) is 4. The average molecular weight is 428 g/mol. The van der Waals surface area contributed by atoms with Gasteiger partial charge in [0, 0.05) is 18.5 Å². The molecule has 1 heterocycles. The average Bonchev–Trinajstić information content (AvgIpc) is 3.38. The van der Waals surface area contributed by atoms with Crippen LogP contribution in [0.1, 0.15) is 43.2 Å². The lowest BCUT2D eigenvalue weighted by Crippen LogP contribution is -2.48. The smallest absolute Gasteiger partial charge is 0.261 e. The van der Waals surface area contributed by atoms with Crippen LogP contribution >= 0.6 is 0 Å². The minimum atomic E-state index is -3.05. The van der Waals surface area contributed by atoms with Gasteiger partial charge in [0.15, 0.2) is 16.4 Å². The van der Waals surface area contributed by atoms with Gasteiger partial charge in [-0.3, -0.25) is 4.79 Å². The number of benzene rings is 2. The Morgan fingerprint density at radius 1 is 0.933 bits per heavy atom. The fourth-order valence-electron chi connectivity index (χ4n) is 4.70. The van der Waals surface area contributed by atoms with Crippen molar-refractivity contribution in [3.8, 4) is 5.75 Å². The first-order valence-electron chi connectivity index (χ1n) is 10.8. The largest absolute Gasteiger partial charge is 0.483 e. The highest BCUT2D eigenvalue weighted by molar-refractivity contribution is 7.91. The minimum absolute atomic E-state index is 0.0567. The second kappa shape index (κ2) is 9.21. The first kappa shape index (κ1) is 20.9. The van der Waals surface area contributed by atoms with Gasteiger partial charge in [0.1, 0.15) is 5.75 Å². The third-order valence-electron chi connectivity index (χ3n) is 6.17. The Bertz CT molecular complexity index is 968. The van der Waals surface area contributed by atoms with Crippen LogP contribution in [0.15, 0.2) is 54.6 Å². The van der Waals surface area contributed by atoms with Gasteiger partial charge >= 0.3 is 0 Å². The van der Waals surface area contributed by atoms with Crippen LogP contribution in [-0.4, -0.2) is 49.4 Å². The van der Waals surface area contributed by atoms with Crippen molar-refractivity contribution in [3.05, 3.63) is 65.7 Å². The fourth-order valence-corrected chi connectivity index (χ4v) is 6.41. The van der Waals surface area contributed by atoms with Crippen molar-refractivity contribution >= 4 is 15.7 Å². The number of rotatable bonds is 7. The second-order valence-corrected chi connectivity index (χ2v) is 10.6. The molecule has 0 N–H and O–H groups in total. The Morgan fingerprint density at radius 3 is 2.33 bits per heavy atom. The summed E-state index contributed by atoms with van der Waals surface area (Å²) in [6, 6.07) is 17.9. The predicted octanol–water partition coefficient (Wildman–Crippen LogP) is 3.61. The number of hydrogen-bond donors (Lipinski definition) is 0. The van der Waals surface area contributed by atoms with E-state index in [1.807, 2.05) is 47.4 Å². The van der Waals surface area contributed by atoms with Gasteiger partial charge in [-0.15, -0.1) is 0 Å². The maximum absolute atomic E-state index is 13.2. The Kier molecular flexibility index (Phi) is 6.42. The maximum Gasteiger partial charge on any atom is 0.261 e. The summed E-state index contributed by atoms with van der Waals surface area (Å²) in [5, 5.41) is 0. The monoisotopic (exact) mass is 427 g/mol. The van der Waals surface area contributed by atoms with Gasteiger partial charge in [-0.1, -0.05) is 61.4 Å². The van der Waals surface area contributed by atoms with Crippen molar-refractivity contribution in [2.75, 3.05) is 18.1 Å². The van der Waals surface area contributed by atoms with Crippen LogP contribution in [0.2, 0.25) is 0 Å². The summed E-state index contributed by atoms with van der Waals surface area (Å²) in [7, 11) is -3.05. The molecule has 0 aromatic heterocycles. The molecular formula is C24H29NO4S. The molecule has 0 bridgehead atoms. The highest BCUT2D eigenvalue weighted by Crippen LogP contribution is 2.29. The van der Waals surface area contributed by atoms with E-state index in [1.54, 1.807) is 0 Å². The molecule has 30 heavy (non-hydrogen) atoms. The molecule has 1 saturated heterocycles. The lowest BCUT2D eigenvalue weighted by Gasteiger charge is -2.34. The summed E-state index contributed by atoms with van der Waals surface area (Å²) in [4.78, 5) is 15.0. The number of para-hydroxylation sites is 1. The van der Waals surface area contributed by atoms with Crippen LogP contribution in [0.4, 0.5) is 0 Å². The van der Waals surface area contributed by atoms with E-state index in [0.29, 0.717) is 12.2 Å². The molecule has 1 aliphatic carbocycles. The first-order chi connectivity index (χ1) is 14.5. The van der Waals surface area contributed by atoms with Crippen LogP contribution in [0.25, 0.3) is 0 Å². The van der Waals surface area contributed by atoms with E-state index < -0.39 is 9.84 Å². The number of sulfone groups is 1. The van der Waals surface area contributed by atoms with Crippen LogP contribution in [0.3, 0.4) is 0 Å². The molecule has 4 rings (SSSR count). The van der Waals surface area contributed by atoms with Crippen molar-refractivity contribution in [3.63, 3.8) is 0 Å². The third-order valence-corrected chi connectivity index (χ3v) is 7.92. The second-order valence-electron chi connectivity index (χ2n) is 8.35. The lowest BCUT2D eigenvalue weighted by atomic mass is 10.0. The number of carbonyl (C=O) groups is 1. The molecule has 1 amide bonds. The molecule has 0 radical (unpaired) electrons. The molecule has 0 unspecified atom stereocenters. The van der Waals surface area contributed by atoms with Crippen LogP contribution < -0.4 is 4.74 Å². The van der Waals surface area contributed by atoms with Crippen molar-refractivity contribution in [1.82, 2.24) is 4.90 Å². The van der Waals surface area contributed by atoms with Crippen molar-refractivity contribution in [1.29, 1.82) is 0 Å². The molecule has 2 fully saturated rings. The standard InChI is InChI=1S/C24H29NO4S/c26-24(25(21-11-5-6-12-21)22-14-15-30(27,28)18-22)17-29-23-13-7-4-10-20(23)16-19-8-2-1-3-9-19/h1-4,7-10,13,21-22H,5-6,11-12,14-18H2/t22-/m1/s1. The Labute approximate surface area is 179 Å². The van der Waals surface area contributed by atoms with E-state index in [4.69, 9.17) is 4.74 Å². The highest BCUT2D eigenvalue weighted by atomic mass is 32.2. The summed E-state index contributed by atoms with van der Waals surface area (Å²) in [5.41, 5.74) is 2.22. The molecule has 0 spiro atoms. The molecule has 1 saturated carbocycles. The normalized spacial score (nSPS) is 20.9. The summed E-state index contributed by atoms with van der Waals surface area (Å²) in [5.74, 6) is 0.869. The molecule has 2 aromatic carbocycles. The van der Waals surface area contributed by atoms with E-state index in [-0.39, 0.29) is 36.1 Å². The summed E-state index contributed by atoms with van der Waals surface area (Å²) >= 11 is 0. The van der Waals surface area contributed by atoms with E-state index >= 15 is 0 Å². The fraction of sp³-hybridized carbons (Fsp3) is 0.458. The van der Waals surface area contributed by atoms with Crippen molar-refractivity contribution in [2.24, 2.45) is 0 Å². The topological polar surface area (TPSA) is 63.7 Å². The maximum atomic E-state index is 13.2. The van der Waals surface area contributed by atoms with Crippen LogP contribution in [-0.2, 0) is 21.1 Å². The van der Waals surface area contributed by atoms with Gasteiger partial charge in [-0.05, 0) is 36.5 Å². The van der Waals surface area contributed by atoms with Gasteiger partial charge in [0.25, 0.3) is 5.91 Å². The van der Waals surface area contributed by atoms with E-state index in [2.05, 4.69) is 12.1 Å². The molecule has 2 aliphatic rings. The third kappa shape index (κ3) is 5.04. The SMILES string of the molecule is O=C(COc1ccccc1Cc1ccccc1)N(C1CCCC1)[C@@H]1CCS(=O)(=O)C1. The minimum Gasteiger partial charge on any atom is -0.483 e. The van der Waals surface area contributed by atoms with E-state index in [9.17, 15) is 13.2 Å². The number of nitrogens with zero attached hydrogens (tertiary/aromatic N) is 1. The number of carbonyl (C=O) groups excluding carboxylic acids is 1. The number of ether oxygens (including phenoxy) is 1. The Balaban J connectivity index is 1.46. The zero-order valence-electron chi connectivity index (χ0n) is 17.2. The summed E-state index contributed by atoms with van der Waals surface area (Å²) < 4.78 is 30.0. The lowest BCUT2D eigenvalue weighted by molar-refractivity contribution is -0.137. The zero-order chi connectivity index (χ0) is 21.0. The zero-order valence-corrected chi connectivity index (χ0v) is 18.0. The molecule has 2 aromatic rings. The molecule has 1 aliphatic heterocycles. The highest BCUT2D eigenvalue weighted by Gasteiger charge is 2.39. The van der Waals surface area contributed by atoms with Gasteiger partial charge in [0.05, 0.1) is 11.5 Å². The van der Waals surface area contributed by atoms with Crippen molar-refractivity contribution < 1.29 is 17.9 Å². The van der Waals surface area contributed by atoms with Gasteiger partial charge in [-0.25, -0.2) is 8.42 Å². The van der Waals surface area contributed by atoms with Gasteiger partial charge < -0.3 is 9.64 Å². The Morgan fingerprint density at radius 2 is 1.63 bits per heavy atom. The van der Waals surface area contributed by atoms with Crippen LogP contribution in [0.5, 0.6) is 5.75 Å². The summed E-state index contributed by atoms with van der Waals surface area (Å²) in [6.07, 6.45) is 5.36. The van der Waals surface area contributed by atoms with Gasteiger partial charge in [-0.2, -0.15) is 0 Å². The predicted molar refractivity (Wildman–Crippen MR) is 117 cm³/mol. The van der Waals surface area contributed by atoms with E-state index in [0.717, 1.165) is 37.7 Å². The molecular weight excluding hydrogens is 398 g/mol. The van der Waals surface area contributed by atoms with Crippen LogP contribution in [0, 0.1) is 0 Å². The van der Waals surface area contributed by atoms with Gasteiger partial charge in [0.2, 0.25) is 0 Å². The quantitative estimate of drug-likeness (QED) is 0.677.